The monoisotopic (exact) mass is 249 g/mol. The molecule has 0 unspecified atom stereocenters. The number of carboxylic acids is 1. The summed E-state index contributed by atoms with van der Waals surface area (Å²) in [5.74, 6) is 1.26. The molecule has 3 atom stereocenters. The predicted octanol–water partition coefficient (Wildman–Crippen LogP) is 2.56. The van der Waals surface area contributed by atoms with Crippen LogP contribution in [0.1, 0.15) is 44.9 Å². The van der Waals surface area contributed by atoms with Crippen LogP contribution < -0.4 is 5.73 Å². The quantitative estimate of drug-likeness (QED) is 0.753. The maximum absolute atomic E-state index is 11.0. The number of carboxylic acid groups (broad SMARTS) is 1. The van der Waals surface area contributed by atoms with Gasteiger partial charge in [0.15, 0.2) is 0 Å². The first-order chi connectivity index (χ1) is 8.64. The van der Waals surface area contributed by atoms with Gasteiger partial charge in [-0.2, -0.15) is 0 Å². The van der Waals surface area contributed by atoms with E-state index in [2.05, 4.69) is 6.08 Å². The molecule has 3 aliphatic carbocycles. The first-order valence-corrected chi connectivity index (χ1v) is 7.27. The van der Waals surface area contributed by atoms with Crippen molar-refractivity contribution < 1.29 is 9.90 Å². The van der Waals surface area contributed by atoms with Crippen LogP contribution in [0.25, 0.3) is 0 Å². The van der Waals surface area contributed by atoms with Crippen LogP contribution in [0.3, 0.4) is 0 Å². The summed E-state index contributed by atoms with van der Waals surface area (Å²) in [4.78, 5) is 11.0. The van der Waals surface area contributed by atoms with E-state index in [0.717, 1.165) is 12.3 Å². The molecular weight excluding hydrogens is 226 g/mol. The van der Waals surface area contributed by atoms with Crippen LogP contribution in [0.15, 0.2) is 11.6 Å². The smallest absolute Gasteiger partial charge is 0.303 e. The first-order valence-electron chi connectivity index (χ1n) is 7.27. The largest absolute Gasteiger partial charge is 0.481 e. The zero-order chi connectivity index (χ0) is 12.8. The summed E-state index contributed by atoms with van der Waals surface area (Å²) in [6.45, 7) is 0.523. The van der Waals surface area contributed by atoms with Crippen LogP contribution in [0.5, 0.6) is 0 Å². The third-order valence-corrected chi connectivity index (χ3v) is 5.56. The van der Waals surface area contributed by atoms with Gasteiger partial charge in [0.1, 0.15) is 0 Å². The molecule has 18 heavy (non-hydrogen) atoms. The van der Waals surface area contributed by atoms with Crippen molar-refractivity contribution >= 4 is 5.97 Å². The van der Waals surface area contributed by atoms with E-state index in [9.17, 15) is 4.79 Å². The summed E-state index contributed by atoms with van der Waals surface area (Å²) in [5, 5.41) is 9.07. The maximum atomic E-state index is 11.0. The first kappa shape index (κ1) is 12.2. The van der Waals surface area contributed by atoms with Crippen LogP contribution in [0.4, 0.5) is 0 Å². The van der Waals surface area contributed by atoms with Crippen LogP contribution in [0.2, 0.25) is 0 Å². The van der Waals surface area contributed by atoms with Crippen molar-refractivity contribution in [2.45, 2.75) is 44.9 Å². The van der Waals surface area contributed by atoms with Crippen molar-refractivity contribution in [3.05, 3.63) is 11.6 Å². The third-order valence-electron chi connectivity index (χ3n) is 5.56. The lowest BCUT2D eigenvalue weighted by atomic mass is 9.53. The minimum absolute atomic E-state index is 0.128. The fourth-order valence-corrected chi connectivity index (χ4v) is 4.62. The van der Waals surface area contributed by atoms with Gasteiger partial charge in [-0.25, -0.2) is 0 Å². The van der Waals surface area contributed by atoms with Gasteiger partial charge in [0.2, 0.25) is 0 Å². The summed E-state index contributed by atoms with van der Waals surface area (Å²) in [6.07, 6.45) is 10.3. The molecule has 0 bridgehead atoms. The Labute approximate surface area is 108 Å². The predicted molar refractivity (Wildman–Crippen MR) is 70.0 cm³/mol. The third kappa shape index (κ3) is 1.80. The second-order valence-corrected chi connectivity index (χ2v) is 6.55. The number of hydrogen-bond acceptors (Lipinski definition) is 2. The highest BCUT2D eigenvalue weighted by Gasteiger charge is 2.55. The van der Waals surface area contributed by atoms with E-state index in [1.54, 1.807) is 5.57 Å². The van der Waals surface area contributed by atoms with Crippen molar-refractivity contribution in [2.75, 3.05) is 6.54 Å². The summed E-state index contributed by atoms with van der Waals surface area (Å²) in [5.41, 5.74) is 7.38. The van der Waals surface area contributed by atoms with Gasteiger partial charge in [0, 0.05) is 0 Å². The molecule has 2 saturated carbocycles. The molecule has 0 aromatic heterocycles. The lowest BCUT2D eigenvalue weighted by molar-refractivity contribution is -0.144. The zero-order valence-corrected chi connectivity index (χ0v) is 10.9. The van der Waals surface area contributed by atoms with E-state index in [1.165, 1.54) is 32.1 Å². The molecule has 2 fully saturated rings. The van der Waals surface area contributed by atoms with Crippen LogP contribution >= 0.6 is 0 Å². The Balaban J connectivity index is 1.74. The number of hydrogen-bond donors (Lipinski definition) is 2. The van der Waals surface area contributed by atoms with Gasteiger partial charge in [-0.15, -0.1) is 0 Å². The molecule has 0 aromatic rings. The zero-order valence-electron chi connectivity index (χ0n) is 10.9. The molecule has 3 heteroatoms. The van der Waals surface area contributed by atoms with E-state index in [-0.39, 0.29) is 11.8 Å². The van der Waals surface area contributed by atoms with Crippen LogP contribution in [0, 0.1) is 23.2 Å². The Morgan fingerprint density at radius 2 is 2.17 bits per heavy atom. The Bertz CT molecular complexity index is 384. The Hall–Kier alpha value is -0.830. The molecule has 0 amide bonds. The molecule has 0 radical (unpaired) electrons. The molecule has 0 spiro atoms. The molecule has 3 N–H and O–H groups in total. The molecule has 3 rings (SSSR count). The topological polar surface area (TPSA) is 63.3 Å². The Morgan fingerprint density at radius 1 is 1.44 bits per heavy atom. The second-order valence-electron chi connectivity index (χ2n) is 6.55. The average Bonchev–Trinajstić information content (AvgIpc) is 2.93. The SMILES string of the molecule is NC[C@@]1(CC(=O)O)C[C@H]2CC(C3CCCC3)=C[C@@H]21. The number of rotatable bonds is 4. The van der Waals surface area contributed by atoms with Crippen molar-refractivity contribution in [1.29, 1.82) is 0 Å². The second kappa shape index (κ2) is 4.37. The van der Waals surface area contributed by atoms with E-state index >= 15 is 0 Å². The van der Waals surface area contributed by atoms with E-state index in [0.29, 0.717) is 18.4 Å². The Morgan fingerprint density at radius 3 is 2.78 bits per heavy atom. The van der Waals surface area contributed by atoms with E-state index in [1.807, 2.05) is 0 Å². The normalized spacial score (nSPS) is 39.3. The van der Waals surface area contributed by atoms with Gasteiger partial charge in [0.25, 0.3) is 0 Å². The van der Waals surface area contributed by atoms with Gasteiger partial charge in [-0.3, -0.25) is 4.79 Å². The molecule has 0 aliphatic heterocycles. The van der Waals surface area contributed by atoms with Crippen molar-refractivity contribution in [2.24, 2.45) is 28.9 Å². The van der Waals surface area contributed by atoms with Crippen LogP contribution in [-0.4, -0.2) is 17.6 Å². The van der Waals surface area contributed by atoms with Crippen LogP contribution in [-0.2, 0) is 4.79 Å². The lowest BCUT2D eigenvalue weighted by Crippen LogP contribution is -2.51. The molecule has 100 valence electrons. The number of aliphatic carboxylic acids is 1. The van der Waals surface area contributed by atoms with Crippen molar-refractivity contribution in [3.8, 4) is 0 Å². The lowest BCUT2D eigenvalue weighted by Gasteiger charge is -2.51. The van der Waals surface area contributed by atoms with Gasteiger partial charge in [-0.05, 0) is 55.4 Å². The highest BCUT2D eigenvalue weighted by molar-refractivity contribution is 5.68. The highest BCUT2D eigenvalue weighted by Crippen LogP contribution is 2.60. The van der Waals surface area contributed by atoms with E-state index in [4.69, 9.17) is 10.8 Å². The fourth-order valence-electron chi connectivity index (χ4n) is 4.62. The fraction of sp³-hybridized carbons (Fsp3) is 0.800. The number of nitrogens with two attached hydrogens (primary N) is 1. The summed E-state index contributed by atoms with van der Waals surface area (Å²) < 4.78 is 0. The minimum atomic E-state index is -0.693. The molecule has 0 aromatic carbocycles. The molecular formula is C15H23NO2. The van der Waals surface area contributed by atoms with Gasteiger partial charge in [0.05, 0.1) is 6.42 Å². The summed E-state index contributed by atoms with van der Waals surface area (Å²) in [7, 11) is 0. The van der Waals surface area contributed by atoms with Gasteiger partial charge < -0.3 is 10.8 Å². The molecule has 3 aliphatic rings. The van der Waals surface area contributed by atoms with Gasteiger partial charge in [-0.1, -0.05) is 24.5 Å². The summed E-state index contributed by atoms with van der Waals surface area (Å²) in [6, 6.07) is 0. The molecule has 0 saturated heterocycles. The maximum Gasteiger partial charge on any atom is 0.303 e. The Kier molecular flexibility index (Phi) is 2.97. The highest BCUT2D eigenvalue weighted by atomic mass is 16.4. The molecule has 3 nitrogen and oxygen atoms in total. The minimum Gasteiger partial charge on any atom is -0.481 e. The van der Waals surface area contributed by atoms with Crippen molar-refractivity contribution in [1.82, 2.24) is 0 Å². The molecule has 0 heterocycles. The summed E-state index contributed by atoms with van der Waals surface area (Å²) >= 11 is 0. The number of allylic oxidation sites excluding steroid dienone is 2. The average molecular weight is 249 g/mol. The number of carbonyl (C=O) groups is 1. The number of fused-ring (bicyclic) bond motifs is 1. The standard InChI is InChI=1S/C15H23NO2/c16-9-15(8-14(17)18)7-12-5-11(6-13(12)15)10-3-1-2-4-10/h6,10,12-13H,1-5,7-9,16H2,(H,17,18)/t12-,13+,15+/m1/s1. The van der Waals surface area contributed by atoms with E-state index < -0.39 is 5.97 Å². The van der Waals surface area contributed by atoms with Gasteiger partial charge >= 0.3 is 5.97 Å². The van der Waals surface area contributed by atoms with Crippen molar-refractivity contribution in [3.63, 3.8) is 0 Å².